The number of carbonyl (C=O) groups is 3. The molecule has 0 rings (SSSR count). The summed E-state index contributed by atoms with van der Waals surface area (Å²) in [5.41, 5.74) is 0. The summed E-state index contributed by atoms with van der Waals surface area (Å²) in [5.74, 6) is -0.900. The smallest absolute Gasteiger partial charge is 0.306 e. The number of hydrogen-bond acceptors (Lipinski definition) is 6. The molecule has 0 fully saturated rings. The van der Waals surface area contributed by atoms with Crippen LogP contribution < -0.4 is 0 Å². The van der Waals surface area contributed by atoms with Crippen LogP contribution >= 0.6 is 0 Å². The highest BCUT2D eigenvalue weighted by molar-refractivity contribution is 5.71. The Morgan fingerprint density at radius 2 is 0.476 bits per heavy atom. The Hall–Kier alpha value is -4.19. The molecule has 0 N–H and O–H groups in total. The molecule has 468 valence electrons. The number of carbonyl (C=O) groups excluding carboxylic acids is 3. The fourth-order valence-corrected chi connectivity index (χ4v) is 9.51. The van der Waals surface area contributed by atoms with Gasteiger partial charge in [0.15, 0.2) is 6.10 Å². The lowest BCUT2D eigenvalue weighted by atomic mass is 10.1. The van der Waals surface area contributed by atoms with Gasteiger partial charge in [0.2, 0.25) is 0 Å². The molecule has 0 radical (unpaired) electrons. The Morgan fingerprint density at radius 3 is 0.768 bits per heavy atom. The van der Waals surface area contributed by atoms with Crippen LogP contribution in [0.3, 0.4) is 0 Å². The third-order valence-electron chi connectivity index (χ3n) is 14.7. The molecule has 0 aliphatic carbocycles. The molecule has 0 aliphatic heterocycles. The summed E-state index contributed by atoms with van der Waals surface area (Å²) >= 11 is 0. The number of unbranched alkanes of at least 4 members (excludes halogenated alkanes) is 31. The Labute approximate surface area is 507 Å². The van der Waals surface area contributed by atoms with Crippen LogP contribution in [0.5, 0.6) is 0 Å². The van der Waals surface area contributed by atoms with Crippen molar-refractivity contribution >= 4 is 17.9 Å². The van der Waals surface area contributed by atoms with Crippen molar-refractivity contribution in [3.63, 3.8) is 0 Å². The normalized spacial score (nSPS) is 12.9. The van der Waals surface area contributed by atoms with E-state index in [0.717, 1.165) is 128 Å². The van der Waals surface area contributed by atoms with Gasteiger partial charge in [-0.15, -0.1) is 0 Å². The Bertz CT molecular complexity index is 1690. The summed E-state index contributed by atoms with van der Waals surface area (Å²) in [6.45, 7) is 6.49. The largest absolute Gasteiger partial charge is 0.462 e. The van der Waals surface area contributed by atoms with E-state index in [-0.39, 0.29) is 31.1 Å². The van der Waals surface area contributed by atoms with Crippen LogP contribution in [0.15, 0.2) is 122 Å². The van der Waals surface area contributed by atoms with Gasteiger partial charge in [0.05, 0.1) is 0 Å². The maximum atomic E-state index is 12.9. The maximum Gasteiger partial charge on any atom is 0.306 e. The second-order valence-corrected chi connectivity index (χ2v) is 22.7. The third kappa shape index (κ3) is 66.6. The molecule has 0 heterocycles. The SMILES string of the molecule is CC/C=C\C/C=C\C/C=C\C/C=C\C/C=C\C/C=C\CCCCCCCCCCCCC(=O)OCC(COC(=O)CCCCCCC/C=C\C/C=C\CCCCCC)OC(=O)CCCCCCCCCCC/C=C\C/C=C\CCCCC. The minimum atomic E-state index is -0.793. The summed E-state index contributed by atoms with van der Waals surface area (Å²) in [6, 6.07) is 0. The van der Waals surface area contributed by atoms with Gasteiger partial charge in [0.1, 0.15) is 13.2 Å². The first-order valence-corrected chi connectivity index (χ1v) is 34.5. The van der Waals surface area contributed by atoms with E-state index in [1.165, 1.54) is 154 Å². The highest BCUT2D eigenvalue weighted by Crippen LogP contribution is 2.16. The first kappa shape index (κ1) is 77.8. The Morgan fingerprint density at radius 1 is 0.256 bits per heavy atom. The number of hydrogen-bond donors (Lipinski definition) is 0. The number of ether oxygens (including phenoxy) is 3. The van der Waals surface area contributed by atoms with Crippen molar-refractivity contribution in [1.29, 1.82) is 0 Å². The zero-order chi connectivity index (χ0) is 59.2. The summed E-state index contributed by atoms with van der Waals surface area (Å²) < 4.78 is 17.0. The van der Waals surface area contributed by atoms with Crippen molar-refractivity contribution in [2.24, 2.45) is 0 Å². The summed E-state index contributed by atoms with van der Waals surface area (Å²) in [4.78, 5) is 38.4. The summed E-state index contributed by atoms with van der Waals surface area (Å²) in [5, 5.41) is 0. The lowest BCUT2D eigenvalue weighted by Gasteiger charge is -2.18. The van der Waals surface area contributed by atoms with E-state index in [0.29, 0.717) is 19.3 Å². The molecule has 0 bridgehead atoms. The second-order valence-electron chi connectivity index (χ2n) is 22.7. The van der Waals surface area contributed by atoms with Crippen LogP contribution in [-0.2, 0) is 28.6 Å². The van der Waals surface area contributed by atoms with Crippen LogP contribution in [0.2, 0.25) is 0 Å². The van der Waals surface area contributed by atoms with E-state index in [1.54, 1.807) is 0 Å². The molecule has 0 amide bonds. The molecule has 6 heteroatoms. The van der Waals surface area contributed by atoms with Crippen LogP contribution in [0.4, 0.5) is 0 Å². The lowest BCUT2D eigenvalue weighted by molar-refractivity contribution is -0.167. The zero-order valence-electron chi connectivity index (χ0n) is 53.7. The Kier molecular flexibility index (Phi) is 65.8. The third-order valence-corrected chi connectivity index (χ3v) is 14.7. The van der Waals surface area contributed by atoms with Gasteiger partial charge in [-0.05, 0) is 135 Å². The molecule has 0 spiro atoms. The molecule has 0 saturated carbocycles. The predicted octanol–water partition coefficient (Wildman–Crippen LogP) is 23.9. The number of esters is 3. The molecule has 0 aromatic rings. The molecule has 0 aromatic carbocycles. The van der Waals surface area contributed by atoms with Gasteiger partial charge < -0.3 is 14.2 Å². The van der Waals surface area contributed by atoms with Crippen molar-refractivity contribution in [1.82, 2.24) is 0 Å². The summed E-state index contributed by atoms with van der Waals surface area (Å²) in [6.07, 6.45) is 96.3. The standard InChI is InChI=1S/C76H128O6/c1-4-7-10-13-16-19-22-25-28-31-33-34-35-36-37-38-39-40-41-42-44-45-48-51-54-57-60-63-66-69-75(78)81-72-73(71-80-74(77)68-65-62-59-56-53-50-47-30-27-24-21-18-15-12-9-6-3)82-76(79)70-67-64-61-58-55-52-49-46-43-32-29-26-23-20-17-14-11-8-5-2/h7,10,16-17,19-21,24-26,28-30,33-34,36-37,39-40,47,73H,4-6,8-9,11-15,18,22-23,27,31-32,35,38,41-46,48-72H2,1-3H3/b10-7-,19-16-,20-17-,24-21-,28-25-,29-26-,34-33-,37-36-,40-39-,47-30-. The van der Waals surface area contributed by atoms with Gasteiger partial charge in [-0.25, -0.2) is 0 Å². The van der Waals surface area contributed by atoms with Gasteiger partial charge in [-0.2, -0.15) is 0 Å². The first-order chi connectivity index (χ1) is 40.5. The fourth-order valence-electron chi connectivity index (χ4n) is 9.51. The average Bonchev–Trinajstić information content (AvgIpc) is 3.47. The van der Waals surface area contributed by atoms with Gasteiger partial charge in [0.25, 0.3) is 0 Å². The van der Waals surface area contributed by atoms with Crippen LogP contribution in [0.1, 0.15) is 323 Å². The van der Waals surface area contributed by atoms with Crippen molar-refractivity contribution in [2.45, 2.75) is 329 Å². The Balaban J connectivity index is 4.36. The predicted molar refractivity (Wildman–Crippen MR) is 357 cm³/mol. The molecule has 0 saturated heterocycles. The first-order valence-electron chi connectivity index (χ1n) is 34.5. The molecule has 6 nitrogen and oxygen atoms in total. The van der Waals surface area contributed by atoms with E-state index in [2.05, 4.69) is 142 Å². The summed E-state index contributed by atoms with van der Waals surface area (Å²) in [7, 11) is 0. The van der Waals surface area contributed by atoms with Crippen LogP contribution in [-0.4, -0.2) is 37.2 Å². The van der Waals surface area contributed by atoms with Gasteiger partial charge in [-0.1, -0.05) is 290 Å². The molecule has 82 heavy (non-hydrogen) atoms. The second kappa shape index (κ2) is 69.3. The minimum Gasteiger partial charge on any atom is -0.462 e. The zero-order valence-corrected chi connectivity index (χ0v) is 53.7. The average molecular weight is 1140 g/mol. The highest BCUT2D eigenvalue weighted by atomic mass is 16.6. The molecular weight excluding hydrogens is 1010 g/mol. The van der Waals surface area contributed by atoms with Crippen molar-refractivity contribution < 1.29 is 28.6 Å². The molecule has 0 aromatic heterocycles. The molecule has 1 atom stereocenters. The minimum absolute atomic E-state index is 0.0875. The molecule has 0 aliphatic rings. The number of allylic oxidation sites excluding steroid dienone is 20. The van der Waals surface area contributed by atoms with Gasteiger partial charge >= 0.3 is 17.9 Å². The van der Waals surface area contributed by atoms with Gasteiger partial charge in [0, 0.05) is 19.3 Å². The van der Waals surface area contributed by atoms with Gasteiger partial charge in [-0.3, -0.25) is 14.4 Å². The van der Waals surface area contributed by atoms with Crippen molar-refractivity contribution in [2.75, 3.05) is 13.2 Å². The highest BCUT2D eigenvalue weighted by Gasteiger charge is 2.19. The van der Waals surface area contributed by atoms with E-state index in [9.17, 15) is 14.4 Å². The molecule has 1 unspecified atom stereocenters. The van der Waals surface area contributed by atoms with E-state index in [4.69, 9.17) is 14.2 Å². The number of rotatable bonds is 62. The van der Waals surface area contributed by atoms with E-state index in [1.807, 2.05) is 0 Å². The topological polar surface area (TPSA) is 78.9 Å². The quantitative estimate of drug-likeness (QED) is 0.0261. The van der Waals surface area contributed by atoms with Crippen LogP contribution in [0, 0.1) is 0 Å². The lowest BCUT2D eigenvalue weighted by Crippen LogP contribution is -2.30. The monoisotopic (exact) mass is 1140 g/mol. The van der Waals surface area contributed by atoms with Crippen molar-refractivity contribution in [3.8, 4) is 0 Å². The van der Waals surface area contributed by atoms with Crippen molar-refractivity contribution in [3.05, 3.63) is 122 Å². The van der Waals surface area contributed by atoms with Crippen LogP contribution in [0.25, 0.3) is 0 Å². The molecular formula is C76H128O6. The fraction of sp³-hybridized carbons (Fsp3) is 0.697. The van der Waals surface area contributed by atoms with E-state index >= 15 is 0 Å². The van der Waals surface area contributed by atoms with E-state index < -0.39 is 6.10 Å². The maximum absolute atomic E-state index is 12.9.